The number of halogens is 1. The van der Waals surface area contributed by atoms with Gasteiger partial charge in [-0.1, -0.05) is 11.6 Å². The van der Waals surface area contributed by atoms with Gasteiger partial charge in [0.05, 0.1) is 16.1 Å². The van der Waals surface area contributed by atoms with Crippen molar-refractivity contribution in [2.24, 2.45) is 0 Å². The van der Waals surface area contributed by atoms with E-state index in [1.54, 1.807) is 6.07 Å². The Kier molecular flexibility index (Phi) is 4.27. The second-order valence-electron chi connectivity index (χ2n) is 3.86. The highest BCUT2D eigenvalue weighted by molar-refractivity contribution is 6.31. The van der Waals surface area contributed by atoms with Crippen LogP contribution in [0.3, 0.4) is 0 Å². The number of hydrogen-bond acceptors (Lipinski definition) is 5. The molecule has 0 bridgehead atoms. The standard InChI is InChI=1S/C13H9ClN2O4/c14-13-5-11(16(18)19)3-1-9(13)8-20-12-4-2-10(7-17)15-6-12/h1-7H,8H2. The van der Waals surface area contributed by atoms with Crippen LogP contribution in [0.5, 0.6) is 5.75 Å². The van der Waals surface area contributed by atoms with Crippen molar-refractivity contribution in [3.63, 3.8) is 0 Å². The zero-order chi connectivity index (χ0) is 14.5. The molecule has 0 atom stereocenters. The minimum absolute atomic E-state index is 0.0734. The Morgan fingerprint density at radius 1 is 1.35 bits per heavy atom. The van der Waals surface area contributed by atoms with Crippen LogP contribution in [-0.4, -0.2) is 16.2 Å². The third-order valence-electron chi connectivity index (χ3n) is 2.52. The summed E-state index contributed by atoms with van der Waals surface area (Å²) in [5, 5.41) is 10.8. The Balaban J connectivity index is 2.06. The number of rotatable bonds is 5. The Bertz CT molecular complexity index is 643. The number of nitro groups is 1. The van der Waals surface area contributed by atoms with Crippen LogP contribution in [-0.2, 0) is 6.61 Å². The largest absolute Gasteiger partial charge is 0.487 e. The second kappa shape index (κ2) is 6.12. The average Bonchev–Trinajstić information content (AvgIpc) is 2.46. The van der Waals surface area contributed by atoms with Crippen molar-refractivity contribution in [1.82, 2.24) is 4.98 Å². The zero-order valence-corrected chi connectivity index (χ0v) is 10.9. The van der Waals surface area contributed by atoms with Crippen molar-refractivity contribution in [3.05, 3.63) is 62.9 Å². The summed E-state index contributed by atoms with van der Waals surface area (Å²) in [6.07, 6.45) is 2.06. The Hall–Kier alpha value is -2.47. The molecule has 1 heterocycles. The topological polar surface area (TPSA) is 82.3 Å². The number of non-ortho nitro benzene ring substituents is 1. The first-order valence-corrected chi connectivity index (χ1v) is 5.95. The molecule has 0 amide bonds. The number of nitro benzene ring substituents is 1. The molecule has 0 saturated heterocycles. The van der Waals surface area contributed by atoms with E-state index in [9.17, 15) is 14.9 Å². The van der Waals surface area contributed by atoms with Gasteiger partial charge in [0.25, 0.3) is 5.69 Å². The van der Waals surface area contributed by atoms with E-state index in [-0.39, 0.29) is 17.3 Å². The van der Waals surface area contributed by atoms with Crippen molar-refractivity contribution in [2.45, 2.75) is 6.61 Å². The van der Waals surface area contributed by atoms with E-state index in [1.165, 1.54) is 30.5 Å². The van der Waals surface area contributed by atoms with Crippen LogP contribution in [0, 0.1) is 10.1 Å². The van der Waals surface area contributed by atoms with E-state index in [0.717, 1.165) is 0 Å². The molecule has 2 rings (SSSR count). The third kappa shape index (κ3) is 3.30. The van der Waals surface area contributed by atoms with Crippen molar-refractivity contribution < 1.29 is 14.5 Å². The fraction of sp³-hybridized carbons (Fsp3) is 0.0769. The summed E-state index contributed by atoms with van der Waals surface area (Å²) in [5.74, 6) is 0.477. The van der Waals surface area contributed by atoms with Gasteiger partial charge in [-0.15, -0.1) is 0 Å². The maximum atomic E-state index is 10.6. The predicted octanol–water partition coefficient (Wildman–Crippen LogP) is 3.03. The quantitative estimate of drug-likeness (QED) is 0.480. The summed E-state index contributed by atoms with van der Waals surface area (Å²) in [5.41, 5.74) is 0.859. The maximum absolute atomic E-state index is 10.6. The number of ether oxygens (including phenoxy) is 1. The molecule has 20 heavy (non-hydrogen) atoms. The van der Waals surface area contributed by atoms with Crippen molar-refractivity contribution >= 4 is 23.6 Å². The molecule has 0 N–H and O–H groups in total. The SMILES string of the molecule is O=Cc1ccc(OCc2ccc([N+](=O)[O-])cc2Cl)cn1. The lowest BCUT2D eigenvalue weighted by molar-refractivity contribution is -0.384. The molecule has 0 unspecified atom stereocenters. The lowest BCUT2D eigenvalue weighted by atomic mass is 10.2. The maximum Gasteiger partial charge on any atom is 0.270 e. The molecule has 1 aromatic heterocycles. The Labute approximate surface area is 119 Å². The van der Waals surface area contributed by atoms with Gasteiger partial charge in [-0.05, 0) is 18.2 Å². The highest BCUT2D eigenvalue weighted by Crippen LogP contribution is 2.23. The minimum atomic E-state index is -0.515. The smallest absolute Gasteiger partial charge is 0.270 e. The van der Waals surface area contributed by atoms with Gasteiger partial charge in [-0.3, -0.25) is 14.9 Å². The molecule has 0 spiro atoms. The first-order chi connectivity index (χ1) is 9.60. The molecule has 0 saturated carbocycles. The molecule has 0 aliphatic rings. The van der Waals surface area contributed by atoms with Crippen LogP contribution in [0.2, 0.25) is 5.02 Å². The van der Waals surface area contributed by atoms with Gasteiger partial charge in [0.15, 0.2) is 6.29 Å². The van der Waals surface area contributed by atoms with E-state index in [1.807, 2.05) is 0 Å². The molecular formula is C13H9ClN2O4. The van der Waals surface area contributed by atoms with Gasteiger partial charge in [-0.2, -0.15) is 0 Å². The summed E-state index contributed by atoms with van der Waals surface area (Å²) in [6.45, 7) is 0.152. The van der Waals surface area contributed by atoms with E-state index < -0.39 is 4.92 Å². The number of carbonyl (C=O) groups excluding carboxylic acids is 1. The third-order valence-corrected chi connectivity index (χ3v) is 2.87. The predicted molar refractivity (Wildman–Crippen MR) is 72.1 cm³/mol. The zero-order valence-electron chi connectivity index (χ0n) is 10.2. The lowest BCUT2D eigenvalue weighted by Gasteiger charge is -2.07. The number of aromatic nitrogens is 1. The lowest BCUT2D eigenvalue weighted by Crippen LogP contribution is -1.98. The molecule has 102 valence electrons. The molecule has 6 nitrogen and oxygen atoms in total. The fourth-order valence-corrected chi connectivity index (χ4v) is 1.70. The summed E-state index contributed by atoms with van der Waals surface area (Å²) in [6, 6.07) is 7.30. The first-order valence-electron chi connectivity index (χ1n) is 5.57. The molecule has 2 aromatic rings. The number of carbonyl (C=O) groups is 1. The second-order valence-corrected chi connectivity index (χ2v) is 4.27. The van der Waals surface area contributed by atoms with E-state index >= 15 is 0 Å². The van der Waals surface area contributed by atoms with Gasteiger partial charge in [0, 0.05) is 17.7 Å². The van der Waals surface area contributed by atoms with Crippen molar-refractivity contribution in [2.75, 3.05) is 0 Å². The molecule has 0 aliphatic carbocycles. The summed E-state index contributed by atoms with van der Waals surface area (Å²) in [7, 11) is 0. The number of pyridine rings is 1. The number of nitrogens with zero attached hydrogens (tertiary/aromatic N) is 2. The van der Waals surface area contributed by atoms with Gasteiger partial charge in [0.2, 0.25) is 0 Å². The van der Waals surface area contributed by atoms with E-state index in [0.29, 0.717) is 23.3 Å². The monoisotopic (exact) mass is 292 g/mol. The van der Waals surface area contributed by atoms with Gasteiger partial charge in [0.1, 0.15) is 18.1 Å². The molecular weight excluding hydrogens is 284 g/mol. The highest BCUT2D eigenvalue weighted by atomic mass is 35.5. The van der Waals surface area contributed by atoms with Crippen LogP contribution in [0.4, 0.5) is 5.69 Å². The van der Waals surface area contributed by atoms with Crippen LogP contribution >= 0.6 is 11.6 Å². The van der Waals surface area contributed by atoms with Crippen LogP contribution in [0.1, 0.15) is 16.1 Å². The van der Waals surface area contributed by atoms with Crippen molar-refractivity contribution in [3.8, 4) is 5.75 Å². The van der Waals surface area contributed by atoms with Crippen LogP contribution in [0.15, 0.2) is 36.5 Å². The van der Waals surface area contributed by atoms with Crippen LogP contribution < -0.4 is 4.74 Å². The molecule has 7 heteroatoms. The van der Waals surface area contributed by atoms with Crippen molar-refractivity contribution in [1.29, 1.82) is 0 Å². The summed E-state index contributed by atoms with van der Waals surface area (Å²) in [4.78, 5) is 24.4. The highest BCUT2D eigenvalue weighted by Gasteiger charge is 2.09. The number of hydrogen-bond donors (Lipinski definition) is 0. The molecule has 0 aliphatic heterocycles. The molecule has 0 radical (unpaired) electrons. The van der Waals surface area contributed by atoms with Gasteiger partial charge in [-0.25, -0.2) is 4.98 Å². The van der Waals surface area contributed by atoms with E-state index in [4.69, 9.17) is 16.3 Å². The Morgan fingerprint density at radius 2 is 2.15 bits per heavy atom. The summed E-state index contributed by atoms with van der Waals surface area (Å²) < 4.78 is 5.44. The van der Waals surface area contributed by atoms with Gasteiger partial charge < -0.3 is 4.74 Å². The molecule has 0 fully saturated rings. The van der Waals surface area contributed by atoms with Gasteiger partial charge >= 0.3 is 0 Å². The number of benzene rings is 1. The van der Waals surface area contributed by atoms with Crippen LogP contribution in [0.25, 0.3) is 0 Å². The van der Waals surface area contributed by atoms with E-state index in [2.05, 4.69) is 4.98 Å². The fourth-order valence-electron chi connectivity index (χ4n) is 1.47. The molecule has 1 aromatic carbocycles. The average molecular weight is 293 g/mol. The minimum Gasteiger partial charge on any atom is -0.487 e. The first kappa shape index (κ1) is 14.0. The summed E-state index contributed by atoms with van der Waals surface area (Å²) >= 11 is 5.94. The normalized spacial score (nSPS) is 10.1. The number of aldehydes is 1. The Morgan fingerprint density at radius 3 is 2.70 bits per heavy atom.